The number of hydrogen-bond donors (Lipinski definition) is 2. The van der Waals surface area contributed by atoms with Gasteiger partial charge in [0.25, 0.3) is 0 Å². The molecule has 2 saturated carbocycles. The molecule has 28 heavy (non-hydrogen) atoms. The number of nitrogens with two attached hydrogens (primary N) is 1. The standard InChI is InChI=1S/C20H25FN4O.2ClH/c21-14-3-4-15-16(10-14)24-19(23-15)11-5-7-25(8-6-11)20(26)17-12-1-2-13(9-12)18(17)22;;/h3-4,10-13,17-18H,1-2,5-9,22H2,(H,23,24);2*1H/t12-,13+,17-,18+;;/m1../s1. The molecule has 3 fully saturated rings. The Kier molecular flexibility index (Phi) is 6.23. The van der Waals surface area contributed by atoms with Gasteiger partial charge in [0, 0.05) is 25.0 Å². The maximum absolute atomic E-state index is 13.4. The summed E-state index contributed by atoms with van der Waals surface area (Å²) in [4.78, 5) is 22.9. The Morgan fingerprint density at radius 2 is 1.86 bits per heavy atom. The number of imidazole rings is 1. The van der Waals surface area contributed by atoms with Gasteiger partial charge in [-0.25, -0.2) is 9.37 Å². The molecule has 2 heterocycles. The predicted octanol–water partition coefficient (Wildman–Crippen LogP) is 3.63. The third-order valence-corrected chi connectivity index (χ3v) is 6.92. The van der Waals surface area contributed by atoms with Crippen molar-refractivity contribution in [3.05, 3.63) is 29.8 Å². The van der Waals surface area contributed by atoms with Gasteiger partial charge >= 0.3 is 0 Å². The molecule has 1 aromatic carbocycles. The van der Waals surface area contributed by atoms with Crippen LogP contribution in [0.25, 0.3) is 11.0 Å². The highest BCUT2D eigenvalue weighted by Crippen LogP contribution is 2.48. The molecule has 5 rings (SSSR count). The highest BCUT2D eigenvalue weighted by molar-refractivity contribution is 5.85. The van der Waals surface area contributed by atoms with E-state index in [1.807, 2.05) is 4.90 Å². The Labute approximate surface area is 176 Å². The number of halogens is 3. The summed E-state index contributed by atoms with van der Waals surface area (Å²) in [5.41, 5.74) is 7.89. The van der Waals surface area contributed by atoms with Crippen LogP contribution in [0.15, 0.2) is 18.2 Å². The molecule has 1 amide bonds. The minimum Gasteiger partial charge on any atom is -0.342 e. The van der Waals surface area contributed by atoms with E-state index in [0.717, 1.165) is 49.2 Å². The van der Waals surface area contributed by atoms with E-state index in [1.54, 1.807) is 6.07 Å². The molecule has 3 aliphatic rings. The van der Waals surface area contributed by atoms with Crippen molar-refractivity contribution in [3.63, 3.8) is 0 Å². The van der Waals surface area contributed by atoms with E-state index in [1.165, 1.54) is 25.0 Å². The van der Waals surface area contributed by atoms with E-state index in [-0.39, 0.29) is 48.5 Å². The van der Waals surface area contributed by atoms with E-state index < -0.39 is 0 Å². The lowest BCUT2D eigenvalue weighted by Crippen LogP contribution is -2.49. The summed E-state index contributed by atoms with van der Waals surface area (Å²) in [7, 11) is 0. The summed E-state index contributed by atoms with van der Waals surface area (Å²) in [6, 6.07) is 4.69. The van der Waals surface area contributed by atoms with Crippen molar-refractivity contribution in [1.82, 2.24) is 14.9 Å². The Morgan fingerprint density at radius 3 is 2.54 bits per heavy atom. The van der Waals surface area contributed by atoms with Crippen LogP contribution in [-0.4, -0.2) is 39.9 Å². The highest BCUT2D eigenvalue weighted by Gasteiger charge is 2.50. The lowest BCUT2D eigenvalue weighted by Gasteiger charge is -2.36. The zero-order valence-corrected chi connectivity index (χ0v) is 17.3. The maximum atomic E-state index is 13.4. The predicted molar refractivity (Wildman–Crippen MR) is 111 cm³/mol. The van der Waals surface area contributed by atoms with E-state index in [9.17, 15) is 9.18 Å². The Balaban J connectivity index is 0.00000112. The van der Waals surface area contributed by atoms with Gasteiger partial charge in [0.2, 0.25) is 5.91 Å². The van der Waals surface area contributed by atoms with Crippen LogP contribution < -0.4 is 5.73 Å². The molecule has 1 aliphatic heterocycles. The normalized spacial score (nSPS) is 29.6. The number of aromatic amines is 1. The third-order valence-electron chi connectivity index (χ3n) is 6.92. The van der Waals surface area contributed by atoms with Crippen LogP contribution >= 0.6 is 24.8 Å². The second-order valence-electron chi connectivity index (χ2n) is 8.32. The van der Waals surface area contributed by atoms with E-state index in [4.69, 9.17) is 5.73 Å². The van der Waals surface area contributed by atoms with Gasteiger partial charge in [0.05, 0.1) is 17.0 Å². The number of amides is 1. The number of nitrogens with one attached hydrogen (secondary N) is 1. The van der Waals surface area contributed by atoms with Crippen molar-refractivity contribution >= 4 is 41.8 Å². The number of rotatable bonds is 2. The molecule has 1 saturated heterocycles. The van der Waals surface area contributed by atoms with Crippen LogP contribution in [0.4, 0.5) is 4.39 Å². The third kappa shape index (κ3) is 3.51. The highest BCUT2D eigenvalue weighted by atomic mass is 35.5. The summed E-state index contributed by atoms with van der Waals surface area (Å²) in [6.07, 6.45) is 5.29. The molecular weight excluding hydrogens is 402 g/mol. The molecule has 8 heteroatoms. The number of nitrogens with zero attached hydrogens (tertiary/aromatic N) is 2. The minimum atomic E-state index is -0.254. The fourth-order valence-corrected chi connectivity index (χ4v) is 5.48. The molecule has 2 bridgehead atoms. The molecule has 2 aliphatic carbocycles. The monoisotopic (exact) mass is 428 g/mol. The van der Waals surface area contributed by atoms with Crippen molar-refractivity contribution in [1.29, 1.82) is 0 Å². The fraction of sp³-hybridized carbons (Fsp3) is 0.600. The summed E-state index contributed by atoms with van der Waals surface area (Å²) in [5, 5.41) is 0. The van der Waals surface area contributed by atoms with Gasteiger partial charge in [0.15, 0.2) is 0 Å². The zero-order valence-electron chi connectivity index (χ0n) is 15.6. The van der Waals surface area contributed by atoms with Crippen LogP contribution in [0.3, 0.4) is 0 Å². The Bertz CT molecular complexity index is 850. The van der Waals surface area contributed by atoms with Gasteiger partial charge in [-0.05, 0) is 62.1 Å². The van der Waals surface area contributed by atoms with Gasteiger partial charge in [-0.15, -0.1) is 24.8 Å². The summed E-state index contributed by atoms with van der Waals surface area (Å²) < 4.78 is 13.4. The molecule has 0 unspecified atom stereocenters. The average Bonchev–Trinajstić information content (AvgIpc) is 3.35. The first-order valence-corrected chi connectivity index (χ1v) is 9.79. The van der Waals surface area contributed by atoms with E-state index in [2.05, 4.69) is 9.97 Å². The largest absolute Gasteiger partial charge is 0.342 e. The fourth-order valence-electron chi connectivity index (χ4n) is 5.48. The lowest BCUT2D eigenvalue weighted by atomic mass is 9.83. The number of benzene rings is 1. The number of carbonyl (C=O) groups excluding carboxylic acids is 1. The smallest absolute Gasteiger partial charge is 0.227 e. The minimum absolute atomic E-state index is 0. The molecule has 0 radical (unpaired) electrons. The van der Waals surface area contributed by atoms with Crippen LogP contribution in [-0.2, 0) is 4.79 Å². The van der Waals surface area contributed by atoms with Crippen LogP contribution in [0, 0.1) is 23.6 Å². The van der Waals surface area contributed by atoms with Gasteiger partial charge in [-0.3, -0.25) is 4.79 Å². The molecule has 3 N–H and O–H groups in total. The number of carbonyl (C=O) groups is 1. The zero-order chi connectivity index (χ0) is 17.8. The summed E-state index contributed by atoms with van der Waals surface area (Å²) in [6.45, 7) is 1.52. The maximum Gasteiger partial charge on any atom is 0.227 e. The van der Waals surface area contributed by atoms with Gasteiger partial charge in [-0.2, -0.15) is 0 Å². The Hall–Kier alpha value is -1.37. The molecule has 1 aromatic heterocycles. The molecule has 4 atom stereocenters. The van der Waals surface area contributed by atoms with E-state index >= 15 is 0 Å². The van der Waals surface area contributed by atoms with Crippen LogP contribution in [0.1, 0.15) is 43.8 Å². The van der Waals surface area contributed by atoms with Crippen molar-refractivity contribution in [3.8, 4) is 0 Å². The molecular formula is C20H27Cl2FN4O. The molecule has 154 valence electrons. The summed E-state index contributed by atoms with van der Waals surface area (Å²) in [5.74, 6) is 2.33. The van der Waals surface area contributed by atoms with Crippen LogP contribution in [0.2, 0.25) is 0 Å². The quantitative estimate of drug-likeness (QED) is 0.766. The SMILES string of the molecule is Cl.Cl.N[C@H]1[C@H]2CC[C@H](C2)[C@H]1C(=O)N1CCC(c2nc3ccc(F)cc3[nH]2)CC1. The van der Waals surface area contributed by atoms with Gasteiger partial charge in [-0.1, -0.05) is 0 Å². The Morgan fingerprint density at radius 1 is 1.14 bits per heavy atom. The van der Waals surface area contributed by atoms with Gasteiger partial charge in [0.1, 0.15) is 11.6 Å². The average molecular weight is 429 g/mol. The summed E-state index contributed by atoms with van der Waals surface area (Å²) >= 11 is 0. The second kappa shape index (κ2) is 8.17. The number of likely N-dealkylation sites (tertiary alicyclic amines) is 1. The molecule has 2 aromatic rings. The van der Waals surface area contributed by atoms with E-state index in [0.29, 0.717) is 17.8 Å². The van der Waals surface area contributed by atoms with Crippen molar-refractivity contribution in [2.45, 2.75) is 44.1 Å². The number of piperidine rings is 1. The van der Waals surface area contributed by atoms with Gasteiger partial charge < -0.3 is 15.6 Å². The first kappa shape index (κ1) is 21.3. The second-order valence-corrected chi connectivity index (χ2v) is 8.32. The number of H-pyrrole nitrogens is 1. The molecule has 5 nitrogen and oxygen atoms in total. The van der Waals surface area contributed by atoms with Crippen molar-refractivity contribution in [2.24, 2.45) is 23.5 Å². The number of aromatic nitrogens is 2. The number of fused-ring (bicyclic) bond motifs is 3. The topological polar surface area (TPSA) is 75.0 Å². The van der Waals surface area contributed by atoms with Crippen molar-refractivity contribution < 1.29 is 9.18 Å². The first-order chi connectivity index (χ1) is 12.6. The first-order valence-electron chi connectivity index (χ1n) is 9.79. The van der Waals surface area contributed by atoms with Crippen molar-refractivity contribution in [2.75, 3.05) is 13.1 Å². The van der Waals surface area contributed by atoms with Crippen LogP contribution in [0.5, 0.6) is 0 Å². The number of hydrogen-bond acceptors (Lipinski definition) is 3. The lowest BCUT2D eigenvalue weighted by molar-refractivity contribution is -0.138. The molecule has 0 spiro atoms.